The van der Waals surface area contributed by atoms with Gasteiger partial charge in [-0.25, -0.2) is 0 Å². The first-order valence-corrected chi connectivity index (χ1v) is 10.3. The SMILES string of the molecule is CN1C=CN(c2[c-]cc(-c3ccccc3)cc2)C1.Cc1cc(C)n(-c2[c-]cccc2)n1.[CH3-].[Ir+3]. The summed E-state index contributed by atoms with van der Waals surface area (Å²) in [4.78, 5) is 4.31. The fourth-order valence-corrected chi connectivity index (χ4v) is 3.48. The smallest absolute Gasteiger partial charge is 0.361 e. The van der Waals surface area contributed by atoms with E-state index in [4.69, 9.17) is 0 Å². The molecule has 0 unspecified atom stereocenters. The number of nitrogens with zero attached hydrogens (tertiary/aromatic N) is 4. The number of aromatic nitrogens is 2. The zero-order valence-corrected chi connectivity index (χ0v) is 21.9. The maximum atomic E-state index is 4.37. The molecule has 4 nitrogen and oxygen atoms in total. The molecule has 0 radical (unpaired) electrons. The van der Waals surface area contributed by atoms with Crippen molar-refractivity contribution in [3.05, 3.63) is 122 Å². The van der Waals surface area contributed by atoms with Crippen LogP contribution in [0.25, 0.3) is 16.8 Å². The van der Waals surface area contributed by atoms with Crippen molar-refractivity contribution in [1.82, 2.24) is 14.7 Å². The molecule has 0 aliphatic carbocycles. The maximum Gasteiger partial charge on any atom is 3.00 e. The molecule has 0 bridgehead atoms. The molecular formula is C28H29IrN4. The third-order valence-electron chi connectivity index (χ3n) is 5.02. The fourth-order valence-electron chi connectivity index (χ4n) is 3.48. The molecule has 0 amide bonds. The number of anilines is 1. The average molecular weight is 614 g/mol. The van der Waals surface area contributed by atoms with E-state index in [1.807, 2.05) is 48.9 Å². The van der Waals surface area contributed by atoms with E-state index in [1.54, 1.807) is 0 Å². The first-order chi connectivity index (χ1) is 15.1. The molecule has 2 heterocycles. The minimum atomic E-state index is 0. The first-order valence-electron chi connectivity index (χ1n) is 10.3. The second-order valence-electron chi connectivity index (χ2n) is 7.58. The Morgan fingerprint density at radius 1 is 0.818 bits per heavy atom. The van der Waals surface area contributed by atoms with Crippen LogP contribution < -0.4 is 4.90 Å². The van der Waals surface area contributed by atoms with Crippen molar-refractivity contribution in [2.75, 3.05) is 18.6 Å². The van der Waals surface area contributed by atoms with Crippen LogP contribution in [0.1, 0.15) is 11.4 Å². The molecule has 0 fully saturated rings. The maximum absolute atomic E-state index is 4.37. The van der Waals surface area contributed by atoms with E-state index >= 15 is 0 Å². The van der Waals surface area contributed by atoms with Crippen molar-refractivity contribution in [2.24, 2.45) is 0 Å². The third kappa shape index (κ3) is 6.67. The van der Waals surface area contributed by atoms with Gasteiger partial charge in [-0.3, -0.25) is 4.68 Å². The van der Waals surface area contributed by atoms with Crippen LogP contribution in [-0.2, 0) is 20.1 Å². The summed E-state index contributed by atoms with van der Waals surface area (Å²) in [5.41, 5.74) is 6.71. The topological polar surface area (TPSA) is 24.3 Å². The molecular weight excluding hydrogens is 585 g/mol. The monoisotopic (exact) mass is 614 g/mol. The van der Waals surface area contributed by atoms with Gasteiger partial charge in [0.2, 0.25) is 0 Å². The van der Waals surface area contributed by atoms with Crippen LogP contribution in [-0.4, -0.2) is 28.4 Å². The van der Waals surface area contributed by atoms with Gasteiger partial charge in [0.25, 0.3) is 0 Å². The van der Waals surface area contributed by atoms with Gasteiger partial charge in [0.1, 0.15) is 0 Å². The normalized spacial score (nSPS) is 11.8. The summed E-state index contributed by atoms with van der Waals surface area (Å²) in [5, 5.41) is 4.37. The molecule has 0 N–H and O–H groups in total. The summed E-state index contributed by atoms with van der Waals surface area (Å²) in [6.45, 7) is 4.93. The Morgan fingerprint density at radius 2 is 1.58 bits per heavy atom. The number of para-hydroxylation sites is 1. The molecule has 33 heavy (non-hydrogen) atoms. The van der Waals surface area contributed by atoms with Crippen LogP contribution in [0.5, 0.6) is 0 Å². The standard InChI is InChI=1S/C16H15N2.C11H11N2.CH3.Ir/c1-17-11-12-18(13-17)16-9-7-15(8-10-16)14-5-3-2-4-6-14;1-9-8-10(2)13(12-9)11-6-4-3-5-7-11;;/h2-9,11-12H,13H2,1H3;3-6,8H,1-2H3;1H3;/q3*-1;+3. The Morgan fingerprint density at radius 3 is 2.12 bits per heavy atom. The van der Waals surface area contributed by atoms with E-state index in [2.05, 4.69) is 95.0 Å². The molecule has 0 spiro atoms. The van der Waals surface area contributed by atoms with Crippen molar-refractivity contribution < 1.29 is 20.1 Å². The molecule has 0 saturated carbocycles. The first kappa shape index (κ1) is 26.1. The Kier molecular flexibility index (Phi) is 9.65. The van der Waals surface area contributed by atoms with Crippen molar-refractivity contribution in [2.45, 2.75) is 13.8 Å². The number of aryl methyl sites for hydroxylation is 2. The van der Waals surface area contributed by atoms with Crippen LogP contribution in [0.4, 0.5) is 5.69 Å². The van der Waals surface area contributed by atoms with Crippen molar-refractivity contribution in [3.8, 4) is 16.8 Å². The molecule has 3 aromatic carbocycles. The molecule has 0 saturated heterocycles. The largest absolute Gasteiger partial charge is 3.00 e. The van der Waals surface area contributed by atoms with Crippen molar-refractivity contribution >= 4 is 5.69 Å². The van der Waals surface area contributed by atoms with Gasteiger partial charge in [0, 0.05) is 25.1 Å². The Labute approximate surface area is 211 Å². The van der Waals surface area contributed by atoms with Crippen LogP contribution in [0.2, 0.25) is 0 Å². The Hall–Kier alpha value is -3.14. The average Bonchev–Trinajstić information content (AvgIpc) is 3.40. The summed E-state index contributed by atoms with van der Waals surface area (Å²) in [7, 11) is 2.06. The number of hydrogen-bond acceptors (Lipinski definition) is 3. The van der Waals surface area contributed by atoms with E-state index in [9.17, 15) is 0 Å². The Bertz CT molecular complexity index is 1140. The quantitative estimate of drug-likeness (QED) is 0.262. The summed E-state index contributed by atoms with van der Waals surface area (Å²) in [5.74, 6) is 0. The third-order valence-corrected chi connectivity index (χ3v) is 5.02. The fraction of sp³-hybridized carbons (Fsp3) is 0.143. The van der Waals surface area contributed by atoms with Crippen LogP contribution >= 0.6 is 0 Å². The molecule has 5 heteroatoms. The van der Waals surface area contributed by atoms with E-state index in [1.165, 1.54) is 11.1 Å². The van der Waals surface area contributed by atoms with Crippen molar-refractivity contribution in [3.63, 3.8) is 0 Å². The summed E-state index contributed by atoms with van der Waals surface area (Å²) in [6.07, 6.45) is 4.15. The predicted molar refractivity (Wildman–Crippen MR) is 133 cm³/mol. The van der Waals surface area contributed by atoms with Gasteiger partial charge in [-0.1, -0.05) is 41.6 Å². The predicted octanol–water partition coefficient (Wildman–Crippen LogP) is 6.07. The van der Waals surface area contributed by atoms with Gasteiger partial charge < -0.3 is 17.2 Å². The molecule has 5 rings (SSSR count). The van der Waals surface area contributed by atoms with E-state index in [0.29, 0.717) is 0 Å². The van der Waals surface area contributed by atoms with Crippen LogP contribution in [0, 0.1) is 33.4 Å². The van der Waals surface area contributed by atoms with E-state index < -0.39 is 0 Å². The van der Waals surface area contributed by atoms with Gasteiger partial charge in [-0.05, 0) is 25.6 Å². The van der Waals surface area contributed by atoms with Gasteiger partial charge in [-0.15, -0.1) is 17.7 Å². The van der Waals surface area contributed by atoms with Crippen molar-refractivity contribution in [1.29, 1.82) is 0 Å². The van der Waals surface area contributed by atoms with Crippen LogP contribution in [0.15, 0.2) is 91.3 Å². The molecule has 1 aliphatic rings. The van der Waals surface area contributed by atoms with E-state index in [0.717, 1.165) is 29.4 Å². The second-order valence-corrected chi connectivity index (χ2v) is 7.58. The minimum Gasteiger partial charge on any atom is -0.361 e. The molecule has 1 aliphatic heterocycles. The zero-order chi connectivity index (χ0) is 21.6. The molecule has 1 aromatic heterocycles. The summed E-state index contributed by atoms with van der Waals surface area (Å²) in [6, 6.07) is 33.1. The van der Waals surface area contributed by atoms with Gasteiger partial charge in [0.15, 0.2) is 0 Å². The Balaban J connectivity index is 0.000000230. The number of benzene rings is 3. The summed E-state index contributed by atoms with van der Waals surface area (Å²) >= 11 is 0. The van der Waals surface area contributed by atoms with Gasteiger partial charge >= 0.3 is 20.1 Å². The summed E-state index contributed by atoms with van der Waals surface area (Å²) < 4.78 is 1.90. The molecule has 4 aromatic rings. The zero-order valence-electron chi connectivity index (χ0n) is 19.5. The van der Waals surface area contributed by atoms with Crippen LogP contribution in [0.3, 0.4) is 0 Å². The molecule has 0 atom stereocenters. The second kappa shape index (κ2) is 12.2. The minimum absolute atomic E-state index is 0. The van der Waals surface area contributed by atoms with E-state index in [-0.39, 0.29) is 27.5 Å². The number of rotatable bonds is 3. The number of hydrogen-bond donors (Lipinski definition) is 0. The van der Waals surface area contributed by atoms with Gasteiger partial charge in [0.05, 0.1) is 12.4 Å². The molecule has 170 valence electrons. The van der Waals surface area contributed by atoms with Gasteiger partial charge in [-0.2, -0.15) is 47.6 Å².